The van der Waals surface area contributed by atoms with Crippen LogP contribution in [0.2, 0.25) is 10.3 Å². The van der Waals surface area contributed by atoms with Crippen LogP contribution >= 0.6 is 23.2 Å². The SMILES string of the molecule is Cc1ccccc1-c1c(Cl)nc(-c2cnn(C)c2)nc1Cl. The van der Waals surface area contributed by atoms with Crippen molar-refractivity contribution in [2.75, 3.05) is 0 Å². The Morgan fingerprint density at radius 2 is 1.71 bits per heavy atom. The van der Waals surface area contributed by atoms with Gasteiger partial charge >= 0.3 is 0 Å². The Hall–Kier alpha value is -1.91. The Bertz CT molecular complexity index is 788. The molecule has 0 unspecified atom stereocenters. The van der Waals surface area contributed by atoms with Gasteiger partial charge in [0.2, 0.25) is 0 Å². The van der Waals surface area contributed by atoms with Crippen LogP contribution in [-0.4, -0.2) is 19.7 Å². The summed E-state index contributed by atoms with van der Waals surface area (Å²) in [4.78, 5) is 8.70. The van der Waals surface area contributed by atoms with Crippen molar-refractivity contribution < 1.29 is 0 Å². The fraction of sp³-hybridized carbons (Fsp3) is 0.133. The number of nitrogens with zero attached hydrogens (tertiary/aromatic N) is 4. The summed E-state index contributed by atoms with van der Waals surface area (Å²) in [5.74, 6) is 0.468. The van der Waals surface area contributed by atoms with Crippen LogP contribution in [-0.2, 0) is 7.05 Å². The fourth-order valence-corrected chi connectivity index (χ4v) is 2.74. The van der Waals surface area contributed by atoms with Crippen LogP contribution in [0.3, 0.4) is 0 Å². The minimum atomic E-state index is 0.336. The second-order valence-electron chi connectivity index (χ2n) is 4.72. The largest absolute Gasteiger partial charge is 0.275 e. The summed E-state index contributed by atoms with van der Waals surface area (Å²) >= 11 is 12.7. The van der Waals surface area contributed by atoms with Crippen LogP contribution in [0.1, 0.15) is 5.56 Å². The maximum Gasteiger partial charge on any atom is 0.165 e. The Balaban J connectivity index is 2.15. The number of halogens is 2. The van der Waals surface area contributed by atoms with E-state index in [1.807, 2.05) is 44.4 Å². The second-order valence-corrected chi connectivity index (χ2v) is 5.44. The van der Waals surface area contributed by atoms with E-state index in [4.69, 9.17) is 23.2 Å². The maximum absolute atomic E-state index is 6.34. The zero-order chi connectivity index (χ0) is 15.0. The third-order valence-corrected chi connectivity index (χ3v) is 3.75. The summed E-state index contributed by atoms with van der Waals surface area (Å²) < 4.78 is 1.68. The molecule has 0 amide bonds. The van der Waals surface area contributed by atoms with Crippen molar-refractivity contribution in [1.82, 2.24) is 19.7 Å². The molecule has 3 aromatic rings. The highest BCUT2D eigenvalue weighted by atomic mass is 35.5. The molecule has 0 radical (unpaired) electrons. The maximum atomic E-state index is 6.34. The van der Waals surface area contributed by atoms with E-state index in [1.54, 1.807) is 10.9 Å². The predicted octanol–water partition coefficient (Wildman–Crippen LogP) is 4.16. The monoisotopic (exact) mass is 318 g/mol. The quantitative estimate of drug-likeness (QED) is 0.666. The van der Waals surface area contributed by atoms with Crippen molar-refractivity contribution in [3.05, 3.63) is 52.5 Å². The average molecular weight is 319 g/mol. The molecule has 0 N–H and O–H groups in total. The summed E-state index contributed by atoms with van der Waals surface area (Å²) in [5, 5.41) is 4.77. The predicted molar refractivity (Wildman–Crippen MR) is 84.4 cm³/mol. The molecule has 0 aliphatic carbocycles. The molecule has 106 valence electrons. The molecule has 2 heterocycles. The van der Waals surface area contributed by atoms with Gasteiger partial charge in [0.1, 0.15) is 10.3 Å². The Labute approximate surface area is 132 Å². The third kappa shape index (κ3) is 2.64. The summed E-state index contributed by atoms with van der Waals surface area (Å²) in [7, 11) is 1.83. The fourth-order valence-electron chi connectivity index (χ4n) is 2.15. The summed E-state index contributed by atoms with van der Waals surface area (Å²) in [6.07, 6.45) is 3.49. The minimum absolute atomic E-state index is 0.336. The van der Waals surface area contributed by atoms with Gasteiger partial charge in [-0.25, -0.2) is 9.97 Å². The first-order valence-corrected chi connectivity index (χ1v) is 7.10. The number of rotatable bonds is 2. The Morgan fingerprint density at radius 3 is 2.29 bits per heavy atom. The number of hydrogen-bond acceptors (Lipinski definition) is 3. The van der Waals surface area contributed by atoms with E-state index in [2.05, 4.69) is 15.1 Å². The molecule has 0 aliphatic heterocycles. The highest BCUT2D eigenvalue weighted by Gasteiger charge is 2.16. The first-order chi connectivity index (χ1) is 10.1. The summed E-state index contributed by atoms with van der Waals surface area (Å²) in [6.45, 7) is 2.00. The minimum Gasteiger partial charge on any atom is -0.275 e. The van der Waals surface area contributed by atoms with E-state index < -0.39 is 0 Å². The van der Waals surface area contributed by atoms with Crippen molar-refractivity contribution in [2.24, 2.45) is 7.05 Å². The first kappa shape index (κ1) is 14.0. The molecule has 2 aromatic heterocycles. The molecule has 1 aromatic carbocycles. The molecule has 0 saturated carbocycles. The highest BCUT2D eigenvalue weighted by molar-refractivity contribution is 6.38. The average Bonchev–Trinajstić information content (AvgIpc) is 2.87. The first-order valence-electron chi connectivity index (χ1n) is 6.34. The number of aryl methyl sites for hydroxylation is 2. The lowest BCUT2D eigenvalue weighted by molar-refractivity contribution is 0.768. The zero-order valence-corrected chi connectivity index (χ0v) is 13.0. The van der Waals surface area contributed by atoms with Crippen LogP contribution in [0.25, 0.3) is 22.5 Å². The van der Waals surface area contributed by atoms with Gasteiger partial charge in [0.15, 0.2) is 5.82 Å². The van der Waals surface area contributed by atoms with Gasteiger partial charge < -0.3 is 0 Å². The molecular formula is C15H12Cl2N4. The van der Waals surface area contributed by atoms with E-state index in [9.17, 15) is 0 Å². The Morgan fingerprint density at radius 1 is 1.05 bits per heavy atom. The van der Waals surface area contributed by atoms with E-state index in [-0.39, 0.29) is 0 Å². The van der Waals surface area contributed by atoms with Gasteiger partial charge in [-0.05, 0) is 18.1 Å². The highest BCUT2D eigenvalue weighted by Crippen LogP contribution is 2.35. The normalized spacial score (nSPS) is 10.9. The van der Waals surface area contributed by atoms with Gasteiger partial charge in [-0.3, -0.25) is 4.68 Å². The van der Waals surface area contributed by atoms with Crippen LogP contribution in [0.4, 0.5) is 0 Å². The lowest BCUT2D eigenvalue weighted by Crippen LogP contribution is -1.95. The molecular weight excluding hydrogens is 307 g/mol. The van der Waals surface area contributed by atoms with Crippen LogP contribution in [0, 0.1) is 6.92 Å². The molecule has 0 bridgehead atoms. The molecule has 0 atom stereocenters. The molecule has 0 fully saturated rings. The number of aromatic nitrogens is 4. The van der Waals surface area contributed by atoms with Crippen LogP contribution < -0.4 is 0 Å². The van der Waals surface area contributed by atoms with Crippen molar-refractivity contribution in [2.45, 2.75) is 6.92 Å². The lowest BCUT2D eigenvalue weighted by Gasteiger charge is -2.10. The van der Waals surface area contributed by atoms with Gasteiger partial charge in [-0.1, -0.05) is 47.5 Å². The molecule has 0 saturated heterocycles. The number of benzene rings is 1. The van der Waals surface area contributed by atoms with Crippen molar-refractivity contribution in [3.8, 4) is 22.5 Å². The van der Waals surface area contributed by atoms with E-state index in [1.165, 1.54) is 0 Å². The topological polar surface area (TPSA) is 43.6 Å². The molecule has 0 spiro atoms. The molecule has 21 heavy (non-hydrogen) atoms. The van der Waals surface area contributed by atoms with Crippen molar-refractivity contribution in [1.29, 1.82) is 0 Å². The zero-order valence-electron chi connectivity index (χ0n) is 11.5. The van der Waals surface area contributed by atoms with Gasteiger partial charge in [0, 0.05) is 13.2 Å². The van der Waals surface area contributed by atoms with Gasteiger partial charge in [0.25, 0.3) is 0 Å². The number of hydrogen-bond donors (Lipinski definition) is 0. The third-order valence-electron chi connectivity index (χ3n) is 3.20. The van der Waals surface area contributed by atoms with Gasteiger partial charge in [0.05, 0.1) is 17.3 Å². The Kier molecular flexibility index (Phi) is 3.66. The lowest BCUT2D eigenvalue weighted by atomic mass is 10.0. The summed E-state index contributed by atoms with van der Waals surface area (Å²) in [5.41, 5.74) is 3.44. The summed E-state index contributed by atoms with van der Waals surface area (Å²) in [6, 6.07) is 7.85. The second kappa shape index (κ2) is 5.47. The van der Waals surface area contributed by atoms with Crippen molar-refractivity contribution in [3.63, 3.8) is 0 Å². The van der Waals surface area contributed by atoms with Crippen molar-refractivity contribution >= 4 is 23.2 Å². The van der Waals surface area contributed by atoms with E-state index in [0.29, 0.717) is 21.7 Å². The smallest absolute Gasteiger partial charge is 0.165 e. The van der Waals surface area contributed by atoms with Gasteiger partial charge in [-0.15, -0.1) is 0 Å². The standard InChI is InChI=1S/C15H12Cl2N4/c1-9-5-3-4-6-11(9)12-13(16)19-15(20-14(12)17)10-7-18-21(2)8-10/h3-8H,1-2H3. The molecule has 3 rings (SSSR count). The van der Waals surface area contributed by atoms with Gasteiger partial charge in [-0.2, -0.15) is 5.10 Å². The molecule has 6 heteroatoms. The molecule has 0 aliphatic rings. The molecule has 4 nitrogen and oxygen atoms in total. The van der Waals surface area contributed by atoms with Crippen LogP contribution in [0.15, 0.2) is 36.7 Å². The van der Waals surface area contributed by atoms with Crippen LogP contribution in [0.5, 0.6) is 0 Å². The van der Waals surface area contributed by atoms with E-state index in [0.717, 1.165) is 16.7 Å². The van der Waals surface area contributed by atoms with E-state index >= 15 is 0 Å².